The van der Waals surface area contributed by atoms with Gasteiger partial charge in [0.2, 0.25) is 0 Å². The van der Waals surface area contributed by atoms with Gasteiger partial charge in [0, 0.05) is 37.6 Å². The van der Waals surface area contributed by atoms with Crippen LogP contribution in [0.2, 0.25) is 0 Å². The van der Waals surface area contributed by atoms with Crippen molar-refractivity contribution in [3.63, 3.8) is 0 Å². The molecule has 140 valence electrons. The Bertz CT molecular complexity index is 884. The van der Waals surface area contributed by atoms with Crippen molar-refractivity contribution in [2.45, 2.75) is 6.54 Å². The monoisotopic (exact) mass is 401 g/mol. The molecule has 0 bridgehead atoms. The molecule has 1 saturated heterocycles. The highest BCUT2D eigenvalue weighted by atomic mass is 35.5. The molecule has 2 amide bonds. The van der Waals surface area contributed by atoms with Gasteiger partial charge >= 0.3 is 0 Å². The number of nitrogens with zero attached hydrogens (tertiary/aromatic N) is 3. The van der Waals surface area contributed by atoms with Crippen molar-refractivity contribution in [3.05, 3.63) is 57.3 Å². The first-order valence-electron chi connectivity index (χ1n) is 8.87. The van der Waals surface area contributed by atoms with Crippen LogP contribution in [0.3, 0.4) is 0 Å². The summed E-state index contributed by atoms with van der Waals surface area (Å²) in [7, 11) is 2.14. The van der Waals surface area contributed by atoms with Crippen LogP contribution in [-0.2, 0) is 16.1 Å². The lowest BCUT2D eigenvalue weighted by molar-refractivity contribution is -0.119. The molecule has 0 aliphatic carbocycles. The quantitative estimate of drug-likeness (QED) is 0.739. The number of hydrogen-bond acceptors (Lipinski definition) is 5. The third-order valence-electron chi connectivity index (χ3n) is 4.99. The molecule has 0 N–H and O–H groups in total. The molecule has 4 rings (SSSR count). The Morgan fingerprint density at radius 3 is 2.33 bits per heavy atom. The number of carbonyl (C=O) groups is 2. The van der Waals surface area contributed by atoms with Gasteiger partial charge in [0.1, 0.15) is 5.03 Å². The van der Waals surface area contributed by atoms with E-state index in [1.165, 1.54) is 16.9 Å². The molecule has 0 radical (unpaired) electrons. The lowest BCUT2D eigenvalue weighted by Crippen LogP contribution is -2.43. The minimum Gasteiger partial charge on any atom is -0.304 e. The number of benzene rings is 1. The topological polar surface area (TPSA) is 43.9 Å². The van der Waals surface area contributed by atoms with Crippen LogP contribution < -0.4 is 4.90 Å². The van der Waals surface area contributed by atoms with E-state index in [4.69, 9.17) is 11.6 Å². The molecule has 27 heavy (non-hydrogen) atoms. The van der Waals surface area contributed by atoms with Crippen LogP contribution in [0.25, 0.3) is 5.57 Å². The summed E-state index contributed by atoms with van der Waals surface area (Å²) in [6, 6.07) is 11.2. The Balaban J connectivity index is 1.49. The van der Waals surface area contributed by atoms with Gasteiger partial charge < -0.3 is 4.90 Å². The summed E-state index contributed by atoms with van der Waals surface area (Å²) in [5.74, 6) is -0.823. The number of carbonyl (C=O) groups excluding carboxylic acids is 2. The van der Waals surface area contributed by atoms with E-state index in [1.54, 1.807) is 6.07 Å². The highest BCUT2D eigenvalue weighted by Gasteiger charge is 2.39. The minimum atomic E-state index is -0.461. The molecular formula is C20H20ClN3O2S. The van der Waals surface area contributed by atoms with Crippen LogP contribution in [0, 0.1) is 0 Å². The fourth-order valence-electron chi connectivity index (χ4n) is 3.39. The fourth-order valence-corrected chi connectivity index (χ4v) is 4.48. The van der Waals surface area contributed by atoms with Crippen LogP contribution in [0.1, 0.15) is 10.4 Å². The van der Waals surface area contributed by atoms with Gasteiger partial charge in [-0.15, -0.1) is 11.3 Å². The molecule has 5 nitrogen and oxygen atoms in total. The first-order chi connectivity index (χ1) is 13.0. The van der Waals surface area contributed by atoms with E-state index in [9.17, 15) is 9.59 Å². The number of thiophene rings is 1. The molecular weight excluding hydrogens is 382 g/mol. The summed E-state index contributed by atoms with van der Waals surface area (Å²) in [6.45, 7) is 5.11. The van der Waals surface area contributed by atoms with Gasteiger partial charge in [-0.3, -0.25) is 14.5 Å². The highest BCUT2D eigenvalue weighted by Crippen LogP contribution is 2.36. The van der Waals surface area contributed by atoms with Gasteiger partial charge in [0.15, 0.2) is 0 Å². The fraction of sp³-hybridized carbons (Fsp3) is 0.300. The van der Waals surface area contributed by atoms with Crippen LogP contribution in [0.15, 0.2) is 46.8 Å². The Morgan fingerprint density at radius 1 is 1.00 bits per heavy atom. The Morgan fingerprint density at radius 2 is 1.70 bits per heavy atom. The van der Waals surface area contributed by atoms with Gasteiger partial charge in [0.05, 0.1) is 11.3 Å². The molecule has 1 aromatic carbocycles. The first kappa shape index (κ1) is 18.4. The lowest BCUT2D eigenvalue weighted by atomic mass is 10.1. The van der Waals surface area contributed by atoms with Gasteiger partial charge in [-0.05, 0) is 36.2 Å². The number of likely N-dealkylation sites (N-methyl/N-ethyl adjacent to an activating group) is 1. The van der Waals surface area contributed by atoms with Gasteiger partial charge in [0.25, 0.3) is 11.8 Å². The zero-order valence-corrected chi connectivity index (χ0v) is 16.6. The summed E-state index contributed by atoms with van der Waals surface area (Å²) >= 11 is 7.59. The van der Waals surface area contributed by atoms with Gasteiger partial charge in [-0.25, -0.2) is 4.90 Å². The first-order valence-corrected chi connectivity index (χ1v) is 10.1. The molecule has 1 fully saturated rings. The molecule has 3 heterocycles. The molecule has 0 atom stereocenters. The van der Waals surface area contributed by atoms with Crippen molar-refractivity contribution in [1.82, 2.24) is 9.80 Å². The molecule has 2 aliphatic heterocycles. The lowest BCUT2D eigenvalue weighted by Gasteiger charge is -2.32. The molecule has 0 saturated carbocycles. The second-order valence-corrected chi connectivity index (χ2v) is 8.18. The third kappa shape index (κ3) is 3.58. The number of rotatable bonds is 4. The summed E-state index contributed by atoms with van der Waals surface area (Å²) in [4.78, 5) is 32.0. The number of halogens is 1. The largest absolute Gasteiger partial charge is 0.304 e. The highest BCUT2D eigenvalue weighted by molar-refractivity contribution is 7.11. The SMILES string of the molecule is CN1CCN(Cc2ccc(N3C(=O)C(Cl)=C(c4cccs4)C3=O)cc2)CC1. The van der Waals surface area contributed by atoms with Crippen LogP contribution in [0.4, 0.5) is 5.69 Å². The van der Waals surface area contributed by atoms with Crippen molar-refractivity contribution in [2.24, 2.45) is 0 Å². The zero-order valence-electron chi connectivity index (χ0n) is 15.0. The summed E-state index contributed by atoms with van der Waals surface area (Å²) in [6.07, 6.45) is 0. The molecule has 0 spiro atoms. The maximum Gasteiger partial charge on any atom is 0.277 e. The number of amides is 2. The van der Waals surface area contributed by atoms with E-state index in [1.807, 2.05) is 35.7 Å². The normalized spacial score (nSPS) is 19.4. The van der Waals surface area contributed by atoms with Crippen molar-refractivity contribution in [1.29, 1.82) is 0 Å². The number of imide groups is 1. The van der Waals surface area contributed by atoms with Gasteiger partial charge in [-0.2, -0.15) is 0 Å². The molecule has 0 unspecified atom stereocenters. The van der Waals surface area contributed by atoms with E-state index < -0.39 is 5.91 Å². The van der Waals surface area contributed by atoms with Crippen molar-refractivity contribution < 1.29 is 9.59 Å². The second-order valence-electron chi connectivity index (χ2n) is 6.86. The average Bonchev–Trinajstić information content (AvgIpc) is 3.26. The average molecular weight is 402 g/mol. The van der Waals surface area contributed by atoms with Gasteiger partial charge in [-0.1, -0.05) is 29.8 Å². The Kier molecular flexibility index (Phi) is 5.14. The summed E-state index contributed by atoms with van der Waals surface area (Å²) in [5, 5.41) is 1.85. The minimum absolute atomic E-state index is 0.0102. The Labute approximate surface area is 167 Å². The predicted octanol–water partition coefficient (Wildman–Crippen LogP) is 3.02. The third-order valence-corrected chi connectivity index (χ3v) is 6.23. The van der Waals surface area contributed by atoms with Crippen LogP contribution in [-0.4, -0.2) is 54.8 Å². The molecule has 7 heteroatoms. The maximum absolute atomic E-state index is 12.8. The summed E-state index contributed by atoms with van der Waals surface area (Å²) in [5.41, 5.74) is 2.01. The van der Waals surface area contributed by atoms with Crippen molar-refractivity contribution in [3.8, 4) is 0 Å². The predicted molar refractivity (Wildman–Crippen MR) is 109 cm³/mol. The molecule has 2 aliphatic rings. The van der Waals surface area contributed by atoms with Crippen molar-refractivity contribution >= 4 is 46.0 Å². The number of piperazine rings is 1. The summed E-state index contributed by atoms with van der Waals surface area (Å²) < 4.78 is 0. The second kappa shape index (κ2) is 7.56. The van der Waals surface area contributed by atoms with Crippen LogP contribution in [0.5, 0.6) is 0 Å². The Hall–Kier alpha value is -1.99. The molecule has 2 aromatic rings. The smallest absolute Gasteiger partial charge is 0.277 e. The number of anilines is 1. The molecule has 1 aromatic heterocycles. The van der Waals surface area contributed by atoms with E-state index in [2.05, 4.69) is 16.8 Å². The zero-order chi connectivity index (χ0) is 19.0. The van der Waals surface area contributed by atoms with E-state index in [-0.39, 0.29) is 16.5 Å². The maximum atomic E-state index is 12.8. The van der Waals surface area contributed by atoms with E-state index in [0.717, 1.165) is 37.6 Å². The van der Waals surface area contributed by atoms with Crippen molar-refractivity contribution in [2.75, 3.05) is 38.1 Å². The van der Waals surface area contributed by atoms with E-state index >= 15 is 0 Å². The van der Waals surface area contributed by atoms with E-state index in [0.29, 0.717) is 10.6 Å². The van der Waals surface area contributed by atoms with Crippen LogP contribution >= 0.6 is 22.9 Å². The standard InChI is InChI=1S/C20H20ClN3O2S/c1-22-8-10-23(11-9-22)13-14-4-6-15(7-5-14)24-19(25)17(18(21)20(24)26)16-3-2-12-27-16/h2-7,12H,8-11,13H2,1H3. The number of hydrogen-bond donors (Lipinski definition) is 0.